The summed E-state index contributed by atoms with van der Waals surface area (Å²) in [5.41, 5.74) is -0.247. The van der Waals surface area contributed by atoms with Gasteiger partial charge in [0.25, 0.3) is 0 Å². The highest BCUT2D eigenvalue weighted by molar-refractivity contribution is 5.82. The van der Waals surface area contributed by atoms with Gasteiger partial charge in [0.05, 0.1) is 17.7 Å². The molecule has 0 aliphatic carbocycles. The lowest BCUT2D eigenvalue weighted by Gasteiger charge is -2.43. The maximum absolute atomic E-state index is 12.5. The van der Waals surface area contributed by atoms with E-state index in [-0.39, 0.29) is 23.7 Å². The third-order valence-corrected chi connectivity index (χ3v) is 3.52. The summed E-state index contributed by atoms with van der Waals surface area (Å²) in [6.45, 7) is 11.1. The Morgan fingerprint density at radius 1 is 1.28 bits per heavy atom. The minimum Gasteiger partial charge on any atom is -0.369 e. The summed E-state index contributed by atoms with van der Waals surface area (Å²) in [6.07, 6.45) is 0.105. The minimum atomic E-state index is -0.247. The van der Waals surface area contributed by atoms with E-state index in [1.54, 1.807) is 0 Å². The molecule has 0 radical (unpaired) electrons. The maximum atomic E-state index is 12.5. The molecule has 0 bridgehead atoms. The van der Waals surface area contributed by atoms with Crippen molar-refractivity contribution in [3.8, 4) is 0 Å². The normalized spacial score (nSPS) is 36.4. The van der Waals surface area contributed by atoms with Crippen molar-refractivity contribution in [3.05, 3.63) is 0 Å². The maximum Gasteiger partial charge on any atom is 0.241 e. The van der Waals surface area contributed by atoms with Gasteiger partial charge in [0.2, 0.25) is 5.91 Å². The molecule has 18 heavy (non-hydrogen) atoms. The number of piperazine rings is 1. The van der Waals surface area contributed by atoms with Crippen LogP contribution in [0, 0.1) is 0 Å². The zero-order valence-corrected chi connectivity index (χ0v) is 11.8. The van der Waals surface area contributed by atoms with Crippen molar-refractivity contribution >= 4 is 5.91 Å². The summed E-state index contributed by atoms with van der Waals surface area (Å²) >= 11 is 0. The molecule has 0 spiro atoms. The average Bonchev–Trinajstić information content (AvgIpc) is 2.26. The predicted octanol–water partition coefficient (Wildman–Crippen LogP) is -0.0378. The third kappa shape index (κ3) is 3.22. The first-order valence-corrected chi connectivity index (χ1v) is 6.81. The number of morpholine rings is 1. The minimum absolute atomic E-state index is 0.0951. The Morgan fingerprint density at radius 3 is 2.56 bits per heavy atom. The molecule has 0 saturated carbocycles. The Bertz CT molecular complexity index is 311. The van der Waals surface area contributed by atoms with Crippen molar-refractivity contribution in [3.63, 3.8) is 0 Å². The van der Waals surface area contributed by atoms with Gasteiger partial charge in [-0.25, -0.2) is 0 Å². The molecule has 5 nitrogen and oxygen atoms in total. The van der Waals surface area contributed by atoms with Crippen molar-refractivity contribution in [2.45, 2.75) is 51.5 Å². The van der Waals surface area contributed by atoms with E-state index in [0.717, 1.165) is 6.54 Å². The zero-order chi connectivity index (χ0) is 13.3. The Balaban J connectivity index is 1.96. The molecule has 0 aromatic heterocycles. The van der Waals surface area contributed by atoms with E-state index in [0.29, 0.717) is 25.7 Å². The smallest absolute Gasteiger partial charge is 0.241 e. The van der Waals surface area contributed by atoms with E-state index in [1.165, 1.54) is 0 Å². The van der Waals surface area contributed by atoms with Gasteiger partial charge in [-0.05, 0) is 27.7 Å². The van der Waals surface area contributed by atoms with Crippen LogP contribution in [0.3, 0.4) is 0 Å². The Morgan fingerprint density at radius 2 is 2.00 bits per heavy atom. The van der Waals surface area contributed by atoms with Crippen LogP contribution in [0.2, 0.25) is 0 Å². The molecule has 2 rings (SSSR count). The lowest BCUT2D eigenvalue weighted by atomic mass is 10.0. The van der Waals surface area contributed by atoms with Crippen molar-refractivity contribution in [2.24, 2.45) is 0 Å². The molecule has 104 valence electrons. The first-order chi connectivity index (χ1) is 8.37. The number of carbonyl (C=O) groups excluding carboxylic acids is 1. The summed E-state index contributed by atoms with van der Waals surface area (Å²) in [5.74, 6) is 0.192. The summed E-state index contributed by atoms with van der Waals surface area (Å²) in [7, 11) is 0. The van der Waals surface area contributed by atoms with Crippen molar-refractivity contribution in [1.82, 2.24) is 15.5 Å². The molecule has 1 amide bonds. The van der Waals surface area contributed by atoms with E-state index in [2.05, 4.69) is 17.6 Å². The quantitative estimate of drug-likeness (QED) is 0.690. The van der Waals surface area contributed by atoms with Crippen LogP contribution in [0.15, 0.2) is 0 Å². The number of nitrogens with one attached hydrogen (secondary N) is 2. The molecule has 5 heteroatoms. The van der Waals surface area contributed by atoms with Crippen LogP contribution in [-0.2, 0) is 9.53 Å². The molecule has 2 aliphatic rings. The number of hydrogen-bond donors (Lipinski definition) is 2. The number of amides is 1. The van der Waals surface area contributed by atoms with Gasteiger partial charge in [0.1, 0.15) is 0 Å². The SMILES string of the molecule is CC1CNC(C(=O)N2CC(C)OC(C)(C)C2)CN1. The average molecular weight is 255 g/mol. The topological polar surface area (TPSA) is 53.6 Å². The van der Waals surface area contributed by atoms with Gasteiger partial charge in [-0.1, -0.05) is 0 Å². The van der Waals surface area contributed by atoms with Crippen LogP contribution < -0.4 is 10.6 Å². The molecule has 2 aliphatic heterocycles. The van der Waals surface area contributed by atoms with E-state index in [1.807, 2.05) is 25.7 Å². The number of ether oxygens (including phenoxy) is 1. The van der Waals surface area contributed by atoms with Crippen LogP contribution in [-0.4, -0.2) is 60.8 Å². The van der Waals surface area contributed by atoms with Crippen molar-refractivity contribution in [2.75, 3.05) is 26.2 Å². The number of carbonyl (C=O) groups is 1. The number of nitrogens with zero attached hydrogens (tertiary/aromatic N) is 1. The predicted molar refractivity (Wildman–Crippen MR) is 70.5 cm³/mol. The second kappa shape index (κ2) is 5.15. The lowest BCUT2D eigenvalue weighted by molar-refractivity contribution is -0.160. The van der Waals surface area contributed by atoms with E-state index < -0.39 is 0 Å². The highest BCUT2D eigenvalue weighted by atomic mass is 16.5. The first-order valence-electron chi connectivity index (χ1n) is 6.81. The molecular weight excluding hydrogens is 230 g/mol. The Kier molecular flexibility index (Phi) is 3.94. The molecule has 2 heterocycles. The van der Waals surface area contributed by atoms with Gasteiger partial charge in [-0.3, -0.25) is 4.79 Å². The van der Waals surface area contributed by atoms with Crippen LogP contribution in [0.5, 0.6) is 0 Å². The largest absolute Gasteiger partial charge is 0.369 e. The van der Waals surface area contributed by atoms with Crippen molar-refractivity contribution in [1.29, 1.82) is 0 Å². The number of hydrogen-bond acceptors (Lipinski definition) is 4. The van der Waals surface area contributed by atoms with Crippen LogP contribution in [0.4, 0.5) is 0 Å². The van der Waals surface area contributed by atoms with Crippen LogP contribution in [0.25, 0.3) is 0 Å². The molecule has 3 unspecified atom stereocenters. The second-order valence-corrected chi connectivity index (χ2v) is 6.18. The van der Waals surface area contributed by atoms with Crippen molar-refractivity contribution < 1.29 is 9.53 Å². The van der Waals surface area contributed by atoms with E-state index >= 15 is 0 Å². The standard InChI is InChI=1S/C13H25N3O2/c1-9-5-15-11(6-14-9)12(17)16-7-10(2)18-13(3,4)8-16/h9-11,14-15H,5-8H2,1-4H3. The molecule has 0 aromatic rings. The van der Waals surface area contributed by atoms with Gasteiger partial charge in [-0.15, -0.1) is 0 Å². The molecular formula is C13H25N3O2. The zero-order valence-electron chi connectivity index (χ0n) is 11.8. The molecule has 2 N–H and O–H groups in total. The van der Waals surface area contributed by atoms with Crippen LogP contribution in [0.1, 0.15) is 27.7 Å². The van der Waals surface area contributed by atoms with Gasteiger partial charge < -0.3 is 20.3 Å². The molecule has 2 saturated heterocycles. The third-order valence-electron chi connectivity index (χ3n) is 3.52. The highest BCUT2D eigenvalue weighted by Gasteiger charge is 2.36. The Labute approximate surface area is 109 Å². The molecule has 2 fully saturated rings. The fourth-order valence-corrected chi connectivity index (χ4v) is 2.80. The Hall–Kier alpha value is -0.650. The summed E-state index contributed by atoms with van der Waals surface area (Å²) < 4.78 is 5.83. The van der Waals surface area contributed by atoms with Gasteiger partial charge >= 0.3 is 0 Å². The van der Waals surface area contributed by atoms with E-state index in [4.69, 9.17) is 4.74 Å². The monoisotopic (exact) mass is 255 g/mol. The summed E-state index contributed by atoms with van der Waals surface area (Å²) in [6, 6.07) is 0.344. The van der Waals surface area contributed by atoms with E-state index in [9.17, 15) is 4.79 Å². The second-order valence-electron chi connectivity index (χ2n) is 6.18. The lowest BCUT2D eigenvalue weighted by Crippen LogP contribution is -2.63. The fraction of sp³-hybridized carbons (Fsp3) is 0.923. The number of rotatable bonds is 1. The summed E-state index contributed by atoms with van der Waals surface area (Å²) in [4.78, 5) is 14.4. The molecule has 0 aromatic carbocycles. The van der Waals surface area contributed by atoms with Gasteiger partial charge in [0, 0.05) is 32.2 Å². The fourth-order valence-electron chi connectivity index (χ4n) is 2.80. The van der Waals surface area contributed by atoms with Gasteiger partial charge in [-0.2, -0.15) is 0 Å². The van der Waals surface area contributed by atoms with Crippen LogP contribution >= 0.6 is 0 Å². The first kappa shape index (κ1) is 13.8. The molecule has 3 atom stereocenters. The van der Waals surface area contributed by atoms with Gasteiger partial charge in [0.15, 0.2) is 0 Å². The summed E-state index contributed by atoms with van der Waals surface area (Å²) in [5, 5.41) is 6.66. The highest BCUT2D eigenvalue weighted by Crippen LogP contribution is 2.21.